The van der Waals surface area contributed by atoms with Gasteiger partial charge in [-0.2, -0.15) is 0 Å². The fourth-order valence-electron chi connectivity index (χ4n) is 5.24. The zero-order chi connectivity index (χ0) is 23.8. The minimum absolute atomic E-state index is 0.0469. The Balaban J connectivity index is 1.08. The van der Waals surface area contributed by atoms with Crippen molar-refractivity contribution in [1.29, 1.82) is 0 Å². The van der Waals surface area contributed by atoms with Crippen molar-refractivity contribution in [3.8, 4) is 11.5 Å². The Labute approximate surface area is 208 Å². The first kappa shape index (κ1) is 21.9. The lowest BCUT2D eigenvalue weighted by Gasteiger charge is -2.25. The Morgan fingerprint density at radius 1 is 1.11 bits per heavy atom. The number of nitrogens with one attached hydrogen (secondary N) is 2. The van der Waals surface area contributed by atoms with E-state index in [0.717, 1.165) is 60.8 Å². The van der Waals surface area contributed by atoms with Gasteiger partial charge in [-0.15, -0.1) is 0 Å². The predicted molar refractivity (Wildman–Crippen MR) is 137 cm³/mol. The number of H-pyrrole nitrogens is 1. The van der Waals surface area contributed by atoms with Crippen LogP contribution in [0.1, 0.15) is 12.0 Å². The maximum absolute atomic E-state index is 13.1. The van der Waals surface area contributed by atoms with Gasteiger partial charge in [0.2, 0.25) is 0 Å². The van der Waals surface area contributed by atoms with E-state index >= 15 is 0 Å². The lowest BCUT2D eigenvalue weighted by atomic mass is 10.1. The van der Waals surface area contributed by atoms with Gasteiger partial charge >= 0.3 is 6.03 Å². The number of aromatic amines is 1. The van der Waals surface area contributed by atoms with Gasteiger partial charge in [-0.1, -0.05) is 23.7 Å². The molecule has 2 amide bonds. The molecule has 2 fully saturated rings. The number of pyridine rings is 1. The second-order valence-corrected chi connectivity index (χ2v) is 9.71. The molecule has 6 rings (SSSR count). The van der Waals surface area contributed by atoms with Gasteiger partial charge in [0.05, 0.1) is 17.9 Å². The third-order valence-electron chi connectivity index (χ3n) is 6.89. The summed E-state index contributed by atoms with van der Waals surface area (Å²) in [7, 11) is 0. The lowest BCUT2D eigenvalue weighted by Crippen LogP contribution is -2.42. The van der Waals surface area contributed by atoms with E-state index in [0.29, 0.717) is 10.9 Å². The maximum atomic E-state index is 13.1. The summed E-state index contributed by atoms with van der Waals surface area (Å²) in [6.07, 6.45) is 4.58. The number of ether oxygens (including phenoxy) is 1. The minimum Gasteiger partial charge on any atom is -0.457 e. The molecule has 0 radical (unpaired) electrons. The van der Waals surface area contributed by atoms with E-state index in [-0.39, 0.29) is 12.1 Å². The molecule has 2 atom stereocenters. The van der Waals surface area contributed by atoms with Crippen molar-refractivity contribution in [2.45, 2.75) is 19.0 Å². The summed E-state index contributed by atoms with van der Waals surface area (Å²) < 4.78 is 5.99. The van der Waals surface area contributed by atoms with E-state index < -0.39 is 0 Å². The average Bonchev–Trinajstić information content (AvgIpc) is 3.56. The first-order valence-corrected chi connectivity index (χ1v) is 12.2. The number of rotatable bonds is 5. The average molecular weight is 488 g/mol. The van der Waals surface area contributed by atoms with Crippen LogP contribution in [0.3, 0.4) is 0 Å². The van der Waals surface area contributed by atoms with E-state index in [1.165, 1.54) is 5.56 Å². The van der Waals surface area contributed by atoms with Crippen molar-refractivity contribution in [1.82, 2.24) is 19.8 Å². The normalized spacial score (nSPS) is 19.7. The van der Waals surface area contributed by atoms with E-state index in [1.54, 1.807) is 6.20 Å². The van der Waals surface area contributed by atoms with Gasteiger partial charge in [-0.25, -0.2) is 9.78 Å². The number of benzene rings is 2. The van der Waals surface area contributed by atoms with Crippen LogP contribution in [0, 0.1) is 5.92 Å². The molecule has 7 nitrogen and oxygen atoms in total. The van der Waals surface area contributed by atoms with Gasteiger partial charge in [-0.05, 0) is 66.4 Å². The maximum Gasteiger partial charge on any atom is 0.322 e. The third-order valence-corrected chi connectivity index (χ3v) is 7.14. The highest BCUT2D eigenvalue weighted by Gasteiger charge is 2.43. The van der Waals surface area contributed by atoms with E-state index in [9.17, 15) is 4.79 Å². The van der Waals surface area contributed by atoms with Gasteiger partial charge < -0.3 is 19.9 Å². The van der Waals surface area contributed by atoms with Gasteiger partial charge in [0.1, 0.15) is 17.1 Å². The van der Waals surface area contributed by atoms with Crippen LogP contribution in [0.25, 0.3) is 11.0 Å². The van der Waals surface area contributed by atoms with Crippen LogP contribution in [0.2, 0.25) is 5.02 Å². The van der Waals surface area contributed by atoms with Crippen molar-refractivity contribution in [2.24, 2.45) is 5.92 Å². The molecule has 2 aliphatic heterocycles. The number of amides is 2. The smallest absolute Gasteiger partial charge is 0.322 e. The Bertz CT molecular complexity index is 1360. The topological polar surface area (TPSA) is 73.5 Å². The number of fused-ring (bicyclic) bond motifs is 2. The molecule has 8 heteroatoms. The second kappa shape index (κ2) is 9.24. The Hall–Kier alpha value is -3.55. The number of hydrogen-bond acceptors (Lipinski definition) is 4. The molecule has 0 spiro atoms. The standard InChI is InChI=1S/C27H26ClN5O2/c28-21-4-6-23(7-5-21)35-24-3-1-2-18(12-24)15-32-16-20-9-11-33(25(20)17-32)27(34)31-22-13-19-8-10-29-26(19)30-14-22/h1-8,10,12-14,20,25H,9,11,15-17H2,(H,29,30)(H,31,34). The van der Waals surface area contributed by atoms with Crippen LogP contribution >= 0.6 is 11.6 Å². The SMILES string of the molecule is O=C(Nc1cnc2[nH]ccc2c1)N1CCC2CN(Cc3cccc(Oc4ccc(Cl)cc4)c3)CC21. The van der Waals surface area contributed by atoms with E-state index in [4.69, 9.17) is 16.3 Å². The van der Waals surface area contributed by atoms with E-state index in [1.807, 2.05) is 59.6 Å². The number of urea groups is 1. The highest BCUT2D eigenvalue weighted by atomic mass is 35.5. The molecular formula is C27H26ClN5O2. The van der Waals surface area contributed by atoms with Crippen molar-refractivity contribution in [3.05, 3.63) is 83.6 Å². The number of hydrogen-bond donors (Lipinski definition) is 2. The van der Waals surface area contributed by atoms with E-state index in [2.05, 4.69) is 32.3 Å². The molecule has 4 heterocycles. The first-order chi connectivity index (χ1) is 17.1. The molecule has 35 heavy (non-hydrogen) atoms. The fourth-order valence-corrected chi connectivity index (χ4v) is 5.36. The number of halogens is 1. The van der Waals surface area contributed by atoms with Gasteiger partial charge in [0, 0.05) is 42.8 Å². The first-order valence-electron chi connectivity index (χ1n) is 11.9. The van der Waals surface area contributed by atoms with Crippen molar-refractivity contribution in [3.63, 3.8) is 0 Å². The van der Waals surface area contributed by atoms with Gasteiger partial charge in [-0.3, -0.25) is 4.90 Å². The summed E-state index contributed by atoms with van der Waals surface area (Å²) >= 11 is 5.97. The Morgan fingerprint density at radius 2 is 2.00 bits per heavy atom. The molecule has 2 aromatic carbocycles. The van der Waals surface area contributed by atoms with Crippen LogP contribution in [0.5, 0.6) is 11.5 Å². The monoisotopic (exact) mass is 487 g/mol. The van der Waals surface area contributed by atoms with Crippen molar-refractivity contribution < 1.29 is 9.53 Å². The molecule has 0 aliphatic carbocycles. The molecule has 0 bridgehead atoms. The van der Waals surface area contributed by atoms with Crippen LogP contribution in [0.15, 0.2) is 73.1 Å². The number of likely N-dealkylation sites (tertiary alicyclic amines) is 2. The van der Waals surface area contributed by atoms with Gasteiger partial charge in [0.25, 0.3) is 0 Å². The van der Waals surface area contributed by atoms with Crippen molar-refractivity contribution >= 4 is 34.4 Å². The summed E-state index contributed by atoms with van der Waals surface area (Å²) in [6, 6.07) is 19.6. The molecule has 0 saturated carbocycles. The molecule has 2 aliphatic rings. The number of carbonyl (C=O) groups excluding carboxylic acids is 1. The highest BCUT2D eigenvalue weighted by Crippen LogP contribution is 2.33. The second-order valence-electron chi connectivity index (χ2n) is 9.28. The zero-order valence-corrected chi connectivity index (χ0v) is 19.9. The molecule has 2 N–H and O–H groups in total. The van der Waals surface area contributed by atoms with Crippen LogP contribution in [0.4, 0.5) is 10.5 Å². The quantitative estimate of drug-likeness (QED) is 0.376. The molecule has 2 saturated heterocycles. The van der Waals surface area contributed by atoms with Crippen LogP contribution in [-0.4, -0.2) is 51.5 Å². The third kappa shape index (κ3) is 4.70. The van der Waals surface area contributed by atoms with Crippen LogP contribution in [-0.2, 0) is 6.54 Å². The predicted octanol–water partition coefficient (Wildman–Crippen LogP) is 5.75. The number of nitrogens with zero attached hydrogens (tertiary/aromatic N) is 3. The number of anilines is 1. The van der Waals surface area contributed by atoms with Gasteiger partial charge in [0.15, 0.2) is 0 Å². The Morgan fingerprint density at radius 3 is 2.89 bits per heavy atom. The number of aromatic nitrogens is 2. The summed E-state index contributed by atoms with van der Waals surface area (Å²) in [5.74, 6) is 2.06. The largest absolute Gasteiger partial charge is 0.457 e. The summed E-state index contributed by atoms with van der Waals surface area (Å²) in [6.45, 7) is 3.48. The Kier molecular flexibility index (Phi) is 5.80. The molecule has 2 aromatic heterocycles. The zero-order valence-electron chi connectivity index (χ0n) is 19.2. The van der Waals surface area contributed by atoms with Crippen molar-refractivity contribution in [2.75, 3.05) is 25.0 Å². The fraction of sp³-hybridized carbons (Fsp3) is 0.259. The summed E-state index contributed by atoms with van der Waals surface area (Å²) in [5.41, 5.74) is 2.73. The number of carbonyl (C=O) groups is 1. The summed E-state index contributed by atoms with van der Waals surface area (Å²) in [5, 5.41) is 4.71. The minimum atomic E-state index is -0.0469. The van der Waals surface area contributed by atoms with Crippen LogP contribution < -0.4 is 10.1 Å². The molecule has 4 aromatic rings. The molecular weight excluding hydrogens is 462 g/mol. The highest BCUT2D eigenvalue weighted by molar-refractivity contribution is 6.30. The molecule has 2 unspecified atom stereocenters. The lowest BCUT2D eigenvalue weighted by molar-refractivity contribution is 0.199. The molecule has 178 valence electrons. The summed E-state index contributed by atoms with van der Waals surface area (Å²) in [4.78, 5) is 24.9.